The Kier molecular flexibility index (Phi) is 3.60. The van der Waals surface area contributed by atoms with Crippen molar-refractivity contribution in [2.75, 3.05) is 0 Å². The maximum atomic E-state index is 10.8. The highest BCUT2D eigenvalue weighted by molar-refractivity contribution is 4.95. The second kappa shape index (κ2) is 4.66. The van der Waals surface area contributed by atoms with Crippen LogP contribution < -0.4 is 5.73 Å². The van der Waals surface area contributed by atoms with Gasteiger partial charge >= 0.3 is 0 Å². The predicted molar refractivity (Wildman–Crippen MR) is 67.1 cm³/mol. The van der Waals surface area contributed by atoms with Crippen molar-refractivity contribution >= 4 is 0 Å². The lowest BCUT2D eigenvalue weighted by Crippen LogP contribution is -2.48. The van der Waals surface area contributed by atoms with Crippen LogP contribution in [0.4, 0.5) is 0 Å². The molecular weight excluding hydrogens is 198 g/mol. The molecule has 0 aromatic carbocycles. The Balaban J connectivity index is 2.00. The first-order chi connectivity index (χ1) is 7.51. The molecule has 2 heteroatoms. The van der Waals surface area contributed by atoms with Crippen LogP contribution in [0.3, 0.4) is 0 Å². The standard InChI is InChI=1S/C14H27NO/c1-10-5-6-12(8-11(10)2)14(16)7-3-4-13(15)9-14/h10-13,16H,3-9,15H2,1-2H3. The van der Waals surface area contributed by atoms with Gasteiger partial charge in [-0.05, 0) is 56.3 Å². The summed E-state index contributed by atoms with van der Waals surface area (Å²) >= 11 is 0. The van der Waals surface area contributed by atoms with Crippen molar-refractivity contribution in [2.45, 2.75) is 70.4 Å². The Hall–Kier alpha value is -0.0800. The third kappa shape index (κ3) is 2.43. The summed E-state index contributed by atoms with van der Waals surface area (Å²) in [5, 5.41) is 10.8. The topological polar surface area (TPSA) is 46.2 Å². The van der Waals surface area contributed by atoms with Gasteiger partial charge in [-0.15, -0.1) is 0 Å². The summed E-state index contributed by atoms with van der Waals surface area (Å²) in [6.45, 7) is 4.68. The molecule has 16 heavy (non-hydrogen) atoms. The van der Waals surface area contributed by atoms with Crippen LogP contribution in [0.25, 0.3) is 0 Å². The van der Waals surface area contributed by atoms with Crippen molar-refractivity contribution in [2.24, 2.45) is 23.5 Å². The van der Waals surface area contributed by atoms with Crippen molar-refractivity contribution in [3.63, 3.8) is 0 Å². The SMILES string of the molecule is CC1CCC(C2(O)CCCC(N)C2)CC1C. The number of nitrogens with two attached hydrogens (primary N) is 1. The lowest BCUT2D eigenvalue weighted by molar-refractivity contribution is -0.0766. The van der Waals surface area contributed by atoms with Crippen LogP contribution in [0.5, 0.6) is 0 Å². The molecule has 0 saturated heterocycles. The summed E-state index contributed by atoms with van der Waals surface area (Å²) in [6, 6.07) is 0.230. The van der Waals surface area contributed by atoms with Gasteiger partial charge in [-0.25, -0.2) is 0 Å². The molecule has 0 amide bonds. The molecule has 2 rings (SSSR count). The Bertz CT molecular complexity index is 243. The smallest absolute Gasteiger partial charge is 0.0690 e. The van der Waals surface area contributed by atoms with Crippen molar-refractivity contribution < 1.29 is 5.11 Å². The quantitative estimate of drug-likeness (QED) is 0.720. The van der Waals surface area contributed by atoms with Gasteiger partial charge in [0.2, 0.25) is 0 Å². The Morgan fingerprint density at radius 2 is 1.88 bits per heavy atom. The molecule has 94 valence electrons. The molecule has 0 aliphatic heterocycles. The fourth-order valence-electron chi connectivity index (χ4n) is 3.73. The van der Waals surface area contributed by atoms with Crippen LogP contribution in [0.1, 0.15) is 58.8 Å². The largest absolute Gasteiger partial charge is 0.390 e. The monoisotopic (exact) mass is 225 g/mol. The molecule has 0 spiro atoms. The van der Waals surface area contributed by atoms with Crippen molar-refractivity contribution in [1.82, 2.24) is 0 Å². The molecule has 0 aromatic heterocycles. The molecule has 0 radical (unpaired) electrons. The highest BCUT2D eigenvalue weighted by Crippen LogP contribution is 2.44. The molecule has 0 aromatic rings. The van der Waals surface area contributed by atoms with Crippen LogP contribution in [-0.4, -0.2) is 16.7 Å². The number of rotatable bonds is 1. The van der Waals surface area contributed by atoms with E-state index in [1.807, 2.05) is 0 Å². The van der Waals surface area contributed by atoms with Crippen molar-refractivity contribution in [1.29, 1.82) is 0 Å². The number of hydrogen-bond donors (Lipinski definition) is 2. The highest BCUT2D eigenvalue weighted by Gasteiger charge is 2.42. The Morgan fingerprint density at radius 1 is 1.12 bits per heavy atom. The van der Waals surface area contributed by atoms with E-state index in [2.05, 4.69) is 13.8 Å². The third-order valence-corrected chi connectivity index (χ3v) is 5.16. The maximum absolute atomic E-state index is 10.8. The van der Waals surface area contributed by atoms with Crippen molar-refractivity contribution in [3.8, 4) is 0 Å². The van der Waals surface area contributed by atoms with Gasteiger partial charge < -0.3 is 10.8 Å². The molecule has 5 atom stereocenters. The minimum Gasteiger partial charge on any atom is -0.390 e. The summed E-state index contributed by atoms with van der Waals surface area (Å²) in [6.07, 6.45) is 7.70. The highest BCUT2D eigenvalue weighted by atomic mass is 16.3. The first-order valence-corrected chi connectivity index (χ1v) is 6.99. The van der Waals surface area contributed by atoms with E-state index in [4.69, 9.17) is 5.73 Å². The van der Waals surface area contributed by atoms with Gasteiger partial charge in [0, 0.05) is 6.04 Å². The first-order valence-electron chi connectivity index (χ1n) is 6.99. The van der Waals surface area contributed by atoms with E-state index in [0.717, 1.165) is 37.5 Å². The van der Waals surface area contributed by atoms with Gasteiger partial charge in [0.15, 0.2) is 0 Å². The summed E-state index contributed by atoms with van der Waals surface area (Å²) < 4.78 is 0. The summed E-state index contributed by atoms with van der Waals surface area (Å²) in [7, 11) is 0. The molecular formula is C14H27NO. The van der Waals surface area contributed by atoms with E-state index in [0.29, 0.717) is 5.92 Å². The van der Waals surface area contributed by atoms with Gasteiger partial charge in [-0.2, -0.15) is 0 Å². The minimum absolute atomic E-state index is 0.230. The average molecular weight is 225 g/mol. The van der Waals surface area contributed by atoms with Gasteiger partial charge in [0.1, 0.15) is 0 Å². The first kappa shape index (κ1) is 12.4. The van der Waals surface area contributed by atoms with E-state index in [1.165, 1.54) is 19.3 Å². The number of aliphatic hydroxyl groups is 1. The molecule has 0 bridgehead atoms. The van der Waals surface area contributed by atoms with Crippen LogP contribution in [0, 0.1) is 17.8 Å². The molecule has 0 heterocycles. The molecule has 2 aliphatic carbocycles. The van der Waals surface area contributed by atoms with E-state index >= 15 is 0 Å². The minimum atomic E-state index is -0.438. The third-order valence-electron chi connectivity index (χ3n) is 5.16. The van der Waals surface area contributed by atoms with E-state index in [-0.39, 0.29) is 6.04 Å². The van der Waals surface area contributed by atoms with E-state index in [9.17, 15) is 5.11 Å². The normalized spacial score (nSPS) is 50.2. The van der Waals surface area contributed by atoms with E-state index in [1.54, 1.807) is 0 Å². The predicted octanol–water partition coefficient (Wildman–Crippen LogP) is 2.69. The van der Waals surface area contributed by atoms with Gasteiger partial charge in [0.25, 0.3) is 0 Å². The second-order valence-electron chi connectivity index (χ2n) is 6.42. The Labute approximate surface area is 99.6 Å². The fourth-order valence-corrected chi connectivity index (χ4v) is 3.73. The molecule has 2 fully saturated rings. The lowest BCUT2D eigenvalue weighted by atomic mass is 9.64. The average Bonchev–Trinajstić information content (AvgIpc) is 2.21. The summed E-state index contributed by atoms with van der Waals surface area (Å²) in [5.41, 5.74) is 5.58. The van der Waals surface area contributed by atoms with Crippen LogP contribution in [-0.2, 0) is 0 Å². The molecule has 2 saturated carbocycles. The van der Waals surface area contributed by atoms with Crippen LogP contribution in [0.15, 0.2) is 0 Å². The van der Waals surface area contributed by atoms with Crippen molar-refractivity contribution in [3.05, 3.63) is 0 Å². The molecule has 2 nitrogen and oxygen atoms in total. The fraction of sp³-hybridized carbons (Fsp3) is 1.00. The zero-order valence-electron chi connectivity index (χ0n) is 10.8. The zero-order valence-corrected chi connectivity index (χ0v) is 10.8. The maximum Gasteiger partial charge on any atom is 0.0690 e. The van der Waals surface area contributed by atoms with Gasteiger partial charge in [0.05, 0.1) is 5.60 Å². The lowest BCUT2D eigenvalue weighted by Gasteiger charge is -2.45. The summed E-state index contributed by atoms with van der Waals surface area (Å²) in [4.78, 5) is 0. The van der Waals surface area contributed by atoms with Gasteiger partial charge in [-0.3, -0.25) is 0 Å². The molecule has 3 N–H and O–H groups in total. The van der Waals surface area contributed by atoms with Gasteiger partial charge in [-0.1, -0.05) is 20.3 Å². The molecule has 2 aliphatic rings. The Morgan fingerprint density at radius 3 is 2.50 bits per heavy atom. The number of hydrogen-bond acceptors (Lipinski definition) is 2. The zero-order chi connectivity index (χ0) is 11.8. The molecule has 5 unspecified atom stereocenters. The van der Waals surface area contributed by atoms with Crippen LogP contribution >= 0.6 is 0 Å². The summed E-state index contributed by atoms with van der Waals surface area (Å²) in [5.74, 6) is 2.10. The van der Waals surface area contributed by atoms with Crippen LogP contribution in [0.2, 0.25) is 0 Å². The second-order valence-corrected chi connectivity index (χ2v) is 6.42. The van der Waals surface area contributed by atoms with E-state index < -0.39 is 5.60 Å².